The lowest BCUT2D eigenvalue weighted by Gasteiger charge is -2.38. The van der Waals surface area contributed by atoms with Gasteiger partial charge < -0.3 is 10.1 Å². The first-order chi connectivity index (χ1) is 8.21. The van der Waals surface area contributed by atoms with Crippen molar-refractivity contribution >= 4 is 0 Å². The Morgan fingerprint density at radius 2 is 2.18 bits per heavy atom. The minimum Gasteiger partial charge on any atom is -0.376 e. The topological polar surface area (TPSA) is 24.5 Å². The van der Waals surface area contributed by atoms with Gasteiger partial charge in [-0.25, -0.2) is 0 Å². The average molecular weight is 242 g/mol. The van der Waals surface area contributed by atoms with E-state index in [1.807, 2.05) is 0 Å². The van der Waals surface area contributed by atoms with Gasteiger partial charge in [0.05, 0.1) is 12.7 Å². The molecule has 1 N–H and O–H groups in total. The molecule has 0 spiro atoms. The number of nitrogens with zero attached hydrogens (tertiary/aromatic N) is 1. The largest absolute Gasteiger partial charge is 0.376 e. The molecule has 0 aromatic carbocycles. The summed E-state index contributed by atoms with van der Waals surface area (Å²) >= 11 is 0. The number of ether oxygens (including phenoxy) is 1. The van der Waals surface area contributed by atoms with E-state index in [1.54, 1.807) is 0 Å². The highest BCUT2D eigenvalue weighted by Crippen LogP contribution is 2.15. The van der Waals surface area contributed by atoms with Gasteiger partial charge in [-0.2, -0.15) is 0 Å². The summed E-state index contributed by atoms with van der Waals surface area (Å²) in [5.41, 5.74) is 0. The quantitative estimate of drug-likeness (QED) is 0.741. The molecule has 102 valence electrons. The molecule has 1 saturated heterocycles. The van der Waals surface area contributed by atoms with Gasteiger partial charge in [-0.1, -0.05) is 13.8 Å². The van der Waals surface area contributed by atoms with Gasteiger partial charge in [-0.3, -0.25) is 4.90 Å². The zero-order valence-corrected chi connectivity index (χ0v) is 12.0. The smallest absolute Gasteiger partial charge is 0.0674 e. The van der Waals surface area contributed by atoms with Crippen molar-refractivity contribution in [2.24, 2.45) is 0 Å². The van der Waals surface area contributed by atoms with Gasteiger partial charge in [0.15, 0.2) is 0 Å². The average Bonchev–Trinajstić information content (AvgIpc) is 2.35. The SMILES string of the molecule is CCC(CCCN1CC(C)OCC1CC)NC. The second-order valence-electron chi connectivity index (χ2n) is 5.24. The molecule has 0 amide bonds. The lowest BCUT2D eigenvalue weighted by molar-refractivity contribution is -0.0562. The molecule has 3 nitrogen and oxygen atoms in total. The van der Waals surface area contributed by atoms with Crippen LogP contribution in [0.4, 0.5) is 0 Å². The molecule has 0 aliphatic carbocycles. The fourth-order valence-corrected chi connectivity index (χ4v) is 2.66. The number of hydrogen-bond donors (Lipinski definition) is 1. The van der Waals surface area contributed by atoms with Crippen molar-refractivity contribution in [3.05, 3.63) is 0 Å². The molecule has 1 aliphatic heterocycles. The first-order valence-electron chi connectivity index (χ1n) is 7.24. The van der Waals surface area contributed by atoms with Crippen molar-refractivity contribution < 1.29 is 4.74 Å². The minimum absolute atomic E-state index is 0.407. The molecule has 0 radical (unpaired) electrons. The van der Waals surface area contributed by atoms with E-state index in [2.05, 4.69) is 38.0 Å². The minimum atomic E-state index is 0.407. The van der Waals surface area contributed by atoms with E-state index in [4.69, 9.17) is 4.74 Å². The van der Waals surface area contributed by atoms with E-state index < -0.39 is 0 Å². The van der Waals surface area contributed by atoms with Crippen LogP contribution in [0.3, 0.4) is 0 Å². The predicted molar refractivity (Wildman–Crippen MR) is 73.4 cm³/mol. The van der Waals surface area contributed by atoms with Crippen LogP contribution < -0.4 is 5.32 Å². The lowest BCUT2D eigenvalue weighted by atomic mass is 10.1. The summed E-state index contributed by atoms with van der Waals surface area (Å²) in [7, 11) is 2.07. The zero-order valence-electron chi connectivity index (χ0n) is 12.0. The molecule has 3 unspecified atom stereocenters. The van der Waals surface area contributed by atoms with E-state index in [0.717, 1.165) is 13.2 Å². The fraction of sp³-hybridized carbons (Fsp3) is 1.00. The first-order valence-corrected chi connectivity index (χ1v) is 7.24. The van der Waals surface area contributed by atoms with E-state index in [1.165, 1.54) is 32.2 Å². The summed E-state index contributed by atoms with van der Waals surface area (Å²) in [6.07, 6.45) is 5.42. The summed E-state index contributed by atoms with van der Waals surface area (Å²) in [5.74, 6) is 0. The fourth-order valence-electron chi connectivity index (χ4n) is 2.66. The number of rotatable bonds is 7. The summed E-state index contributed by atoms with van der Waals surface area (Å²) in [4.78, 5) is 2.62. The van der Waals surface area contributed by atoms with E-state index >= 15 is 0 Å². The van der Waals surface area contributed by atoms with E-state index in [0.29, 0.717) is 18.2 Å². The Morgan fingerprint density at radius 1 is 1.41 bits per heavy atom. The van der Waals surface area contributed by atoms with Crippen LogP contribution in [0.5, 0.6) is 0 Å². The maximum atomic E-state index is 5.73. The molecular formula is C14H30N2O. The lowest BCUT2D eigenvalue weighted by Crippen LogP contribution is -2.48. The van der Waals surface area contributed by atoms with Crippen molar-refractivity contribution in [2.75, 3.05) is 26.7 Å². The number of hydrogen-bond acceptors (Lipinski definition) is 3. The molecule has 0 bridgehead atoms. The number of morpholine rings is 1. The molecule has 1 aliphatic rings. The Kier molecular flexibility index (Phi) is 7.09. The molecule has 0 aromatic heterocycles. The molecule has 0 saturated carbocycles. The van der Waals surface area contributed by atoms with E-state index in [9.17, 15) is 0 Å². The van der Waals surface area contributed by atoms with Crippen molar-refractivity contribution in [1.29, 1.82) is 0 Å². The van der Waals surface area contributed by atoms with Gasteiger partial charge in [0, 0.05) is 18.6 Å². The van der Waals surface area contributed by atoms with Crippen molar-refractivity contribution in [2.45, 2.75) is 64.6 Å². The summed E-state index contributed by atoms with van der Waals surface area (Å²) in [5, 5.41) is 3.38. The highest BCUT2D eigenvalue weighted by Gasteiger charge is 2.24. The third-order valence-corrected chi connectivity index (χ3v) is 3.95. The second kappa shape index (κ2) is 8.06. The molecule has 17 heavy (non-hydrogen) atoms. The van der Waals surface area contributed by atoms with Crippen LogP contribution in [0.15, 0.2) is 0 Å². The molecule has 0 aromatic rings. The first kappa shape index (κ1) is 14.9. The predicted octanol–water partition coefficient (Wildman–Crippen LogP) is 2.26. The van der Waals surface area contributed by atoms with Gasteiger partial charge in [0.1, 0.15) is 0 Å². The Balaban J connectivity index is 2.27. The van der Waals surface area contributed by atoms with Crippen LogP contribution in [0.1, 0.15) is 46.5 Å². The maximum absolute atomic E-state index is 5.73. The standard InChI is InChI=1S/C14H30N2O/c1-5-13(15-4)8-7-9-16-10-12(3)17-11-14(16)6-2/h12-15H,5-11H2,1-4H3. The van der Waals surface area contributed by atoms with Crippen LogP contribution in [-0.2, 0) is 4.74 Å². The summed E-state index contributed by atoms with van der Waals surface area (Å²) < 4.78 is 5.73. The highest BCUT2D eigenvalue weighted by atomic mass is 16.5. The van der Waals surface area contributed by atoms with Crippen molar-refractivity contribution in [1.82, 2.24) is 10.2 Å². The van der Waals surface area contributed by atoms with Crippen molar-refractivity contribution in [3.8, 4) is 0 Å². The monoisotopic (exact) mass is 242 g/mol. The van der Waals surface area contributed by atoms with Gasteiger partial charge in [0.25, 0.3) is 0 Å². The van der Waals surface area contributed by atoms with Crippen LogP contribution in [0.25, 0.3) is 0 Å². The second-order valence-corrected chi connectivity index (χ2v) is 5.24. The Hall–Kier alpha value is -0.120. The van der Waals surface area contributed by atoms with Gasteiger partial charge in [-0.05, 0) is 46.2 Å². The van der Waals surface area contributed by atoms with Crippen LogP contribution in [-0.4, -0.2) is 49.8 Å². The third-order valence-electron chi connectivity index (χ3n) is 3.95. The summed E-state index contributed by atoms with van der Waals surface area (Å²) in [6.45, 7) is 9.95. The van der Waals surface area contributed by atoms with Gasteiger partial charge in [0.2, 0.25) is 0 Å². The zero-order chi connectivity index (χ0) is 12.7. The van der Waals surface area contributed by atoms with E-state index in [-0.39, 0.29) is 0 Å². The van der Waals surface area contributed by atoms with Crippen molar-refractivity contribution in [3.63, 3.8) is 0 Å². The summed E-state index contributed by atoms with van der Waals surface area (Å²) in [6, 6.07) is 1.33. The van der Waals surface area contributed by atoms with Crippen LogP contribution >= 0.6 is 0 Å². The highest BCUT2D eigenvalue weighted by molar-refractivity contribution is 4.78. The number of nitrogens with one attached hydrogen (secondary N) is 1. The molecule has 1 rings (SSSR count). The molecular weight excluding hydrogens is 212 g/mol. The Labute approximate surface area is 107 Å². The molecule has 3 heteroatoms. The van der Waals surface area contributed by atoms with Crippen LogP contribution in [0.2, 0.25) is 0 Å². The third kappa shape index (κ3) is 4.94. The normalized spacial score (nSPS) is 28.2. The van der Waals surface area contributed by atoms with Gasteiger partial charge in [-0.15, -0.1) is 0 Å². The Bertz CT molecular complexity index is 195. The molecule has 1 heterocycles. The van der Waals surface area contributed by atoms with Gasteiger partial charge >= 0.3 is 0 Å². The van der Waals surface area contributed by atoms with Crippen LogP contribution in [0, 0.1) is 0 Å². The molecule has 3 atom stereocenters. The Morgan fingerprint density at radius 3 is 2.76 bits per heavy atom. The molecule has 1 fully saturated rings. The maximum Gasteiger partial charge on any atom is 0.0674 e.